The molecule has 0 spiro atoms. The summed E-state index contributed by atoms with van der Waals surface area (Å²) in [4.78, 5) is 7.89. The largest absolute Gasteiger partial charge is 0.382 e. The normalized spacial score (nSPS) is 20.2. The van der Waals surface area contributed by atoms with Gasteiger partial charge < -0.3 is 18.9 Å². The Hall–Kier alpha value is -2.26. The number of hydrogen-bond donors (Lipinski definition) is 1. The summed E-state index contributed by atoms with van der Waals surface area (Å²) in [7, 11) is -1.03. The van der Waals surface area contributed by atoms with E-state index in [1.807, 2.05) is 6.92 Å². The van der Waals surface area contributed by atoms with Gasteiger partial charge in [0.2, 0.25) is 16.0 Å². The standard InChI is InChI=1S/C22H35FN6O6S/c1-13(2)34-19(20-24-9-16(23)10-25-20)15(4)36(30,31)28-22-27-26-21(18-8-7-14(3)35-18)29(22)17(11-32-5)12-33-6/h9-10,13-15,17-19H,7-8,11-12H2,1-6H3,(H,27,28)/t14-,15+,18-,19-/m1/s1. The van der Waals surface area contributed by atoms with Crippen LogP contribution in [0, 0.1) is 5.82 Å². The Labute approximate surface area is 211 Å². The van der Waals surface area contributed by atoms with Crippen LogP contribution in [0.2, 0.25) is 0 Å². The zero-order valence-corrected chi connectivity index (χ0v) is 22.2. The minimum atomic E-state index is -4.12. The smallest absolute Gasteiger partial charge is 0.240 e. The van der Waals surface area contributed by atoms with Crippen molar-refractivity contribution in [1.82, 2.24) is 24.7 Å². The van der Waals surface area contributed by atoms with Crippen molar-refractivity contribution in [2.24, 2.45) is 0 Å². The number of hydrogen-bond acceptors (Lipinski definition) is 10. The fourth-order valence-electron chi connectivity index (χ4n) is 4.05. The fourth-order valence-corrected chi connectivity index (χ4v) is 5.14. The van der Waals surface area contributed by atoms with E-state index in [1.165, 1.54) is 6.92 Å². The molecule has 1 saturated heterocycles. The molecule has 1 aliphatic heterocycles. The third-order valence-corrected chi connectivity index (χ3v) is 7.48. The predicted molar refractivity (Wildman–Crippen MR) is 128 cm³/mol. The van der Waals surface area contributed by atoms with Crippen LogP contribution < -0.4 is 4.72 Å². The number of rotatable bonds is 13. The molecule has 3 rings (SSSR count). The van der Waals surface area contributed by atoms with Crippen molar-refractivity contribution in [2.45, 2.75) is 76.2 Å². The Morgan fingerprint density at radius 1 is 1.14 bits per heavy atom. The van der Waals surface area contributed by atoms with Gasteiger partial charge in [-0.1, -0.05) is 0 Å². The van der Waals surface area contributed by atoms with Gasteiger partial charge in [0, 0.05) is 14.2 Å². The van der Waals surface area contributed by atoms with Crippen LogP contribution in [0.25, 0.3) is 0 Å². The van der Waals surface area contributed by atoms with Crippen LogP contribution in [0.4, 0.5) is 10.3 Å². The summed E-state index contributed by atoms with van der Waals surface area (Å²) in [6.07, 6.45) is 1.81. The second-order valence-corrected chi connectivity index (χ2v) is 11.1. The number of methoxy groups -OCH3 is 2. The molecule has 1 N–H and O–H groups in total. The molecule has 12 nitrogen and oxygen atoms in total. The van der Waals surface area contributed by atoms with Crippen molar-refractivity contribution < 1.29 is 31.8 Å². The summed E-state index contributed by atoms with van der Waals surface area (Å²) in [5.41, 5.74) is 0. The molecule has 0 bridgehead atoms. The summed E-state index contributed by atoms with van der Waals surface area (Å²) in [6, 6.07) is -0.416. The number of sulfonamides is 1. The third-order valence-electron chi connectivity index (χ3n) is 5.79. The molecule has 0 aromatic carbocycles. The molecule has 3 heterocycles. The zero-order valence-electron chi connectivity index (χ0n) is 21.4. The maximum atomic E-state index is 13.5. The molecule has 0 radical (unpaired) electrons. The SMILES string of the molecule is COCC(COC)n1c(NS(=O)(=O)[C@@H](C)[C@@H](OC(C)C)c2ncc(F)cn2)nnc1[C@H]1CC[C@@H](C)O1. The average molecular weight is 531 g/mol. The maximum Gasteiger partial charge on any atom is 0.240 e. The van der Waals surface area contributed by atoms with E-state index in [4.69, 9.17) is 18.9 Å². The summed E-state index contributed by atoms with van der Waals surface area (Å²) >= 11 is 0. The van der Waals surface area contributed by atoms with Crippen molar-refractivity contribution in [3.8, 4) is 0 Å². The fraction of sp³-hybridized carbons (Fsp3) is 0.727. The molecule has 14 heteroatoms. The summed E-state index contributed by atoms with van der Waals surface area (Å²) in [5, 5.41) is 7.27. The first-order chi connectivity index (χ1) is 17.1. The lowest BCUT2D eigenvalue weighted by Crippen LogP contribution is -2.35. The summed E-state index contributed by atoms with van der Waals surface area (Å²) in [6.45, 7) is 7.42. The Morgan fingerprint density at radius 3 is 2.31 bits per heavy atom. The number of anilines is 1. The van der Waals surface area contributed by atoms with Gasteiger partial charge in [0.15, 0.2) is 17.5 Å². The van der Waals surface area contributed by atoms with Crippen molar-refractivity contribution in [3.05, 3.63) is 29.9 Å². The van der Waals surface area contributed by atoms with Crippen LogP contribution in [0.1, 0.15) is 70.4 Å². The lowest BCUT2D eigenvalue weighted by molar-refractivity contribution is 0.00143. The van der Waals surface area contributed by atoms with Crippen LogP contribution in [-0.2, 0) is 29.0 Å². The van der Waals surface area contributed by atoms with E-state index >= 15 is 0 Å². The molecule has 36 heavy (non-hydrogen) atoms. The van der Waals surface area contributed by atoms with Crippen LogP contribution >= 0.6 is 0 Å². The van der Waals surface area contributed by atoms with Gasteiger partial charge >= 0.3 is 0 Å². The van der Waals surface area contributed by atoms with Crippen LogP contribution in [0.15, 0.2) is 12.4 Å². The van der Waals surface area contributed by atoms with Gasteiger partial charge in [0.1, 0.15) is 17.5 Å². The van der Waals surface area contributed by atoms with Crippen LogP contribution in [0.5, 0.6) is 0 Å². The minimum absolute atomic E-state index is 0.00224. The van der Waals surface area contributed by atoms with E-state index in [2.05, 4.69) is 24.9 Å². The van der Waals surface area contributed by atoms with Gasteiger partial charge in [-0.05, 0) is 40.5 Å². The van der Waals surface area contributed by atoms with E-state index in [9.17, 15) is 12.8 Å². The first-order valence-corrected chi connectivity index (χ1v) is 13.3. The van der Waals surface area contributed by atoms with E-state index in [0.717, 1.165) is 25.2 Å². The molecule has 202 valence electrons. The lowest BCUT2D eigenvalue weighted by atomic mass is 10.2. The average Bonchev–Trinajstić information content (AvgIpc) is 3.43. The molecule has 4 atom stereocenters. The van der Waals surface area contributed by atoms with Crippen molar-refractivity contribution in [2.75, 3.05) is 32.2 Å². The number of nitrogens with zero attached hydrogens (tertiary/aromatic N) is 5. The third kappa shape index (κ3) is 6.73. The molecule has 1 fully saturated rings. The lowest BCUT2D eigenvalue weighted by Gasteiger charge is -2.26. The van der Waals surface area contributed by atoms with Crippen molar-refractivity contribution in [1.29, 1.82) is 0 Å². The summed E-state index contributed by atoms with van der Waals surface area (Å²) < 4.78 is 67.2. The van der Waals surface area contributed by atoms with Gasteiger partial charge in [-0.3, -0.25) is 9.29 Å². The van der Waals surface area contributed by atoms with E-state index in [0.29, 0.717) is 5.82 Å². The molecule has 2 aromatic rings. The molecule has 0 saturated carbocycles. The Morgan fingerprint density at radius 2 is 1.78 bits per heavy atom. The molecule has 0 aliphatic carbocycles. The van der Waals surface area contributed by atoms with Crippen molar-refractivity contribution in [3.63, 3.8) is 0 Å². The molecular formula is C22H35FN6O6S. The Bertz CT molecular complexity index is 1080. The number of halogens is 1. The van der Waals surface area contributed by atoms with Crippen LogP contribution in [-0.4, -0.2) is 78.0 Å². The van der Waals surface area contributed by atoms with Gasteiger partial charge in [0.05, 0.1) is 43.9 Å². The van der Waals surface area contributed by atoms with Crippen LogP contribution in [0.3, 0.4) is 0 Å². The van der Waals surface area contributed by atoms with Gasteiger partial charge in [0.25, 0.3) is 0 Å². The monoisotopic (exact) mass is 530 g/mol. The Balaban J connectivity index is 1.97. The van der Waals surface area contributed by atoms with E-state index in [-0.39, 0.29) is 43.3 Å². The highest BCUT2D eigenvalue weighted by molar-refractivity contribution is 7.93. The zero-order chi connectivity index (χ0) is 26.5. The van der Waals surface area contributed by atoms with E-state index in [1.54, 1.807) is 32.6 Å². The predicted octanol–water partition coefficient (Wildman–Crippen LogP) is 2.58. The second-order valence-electron chi connectivity index (χ2n) is 9.05. The number of ether oxygens (including phenoxy) is 4. The van der Waals surface area contributed by atoms with Gasteiger partial charge in [-0.2, -0.15) is 0 Å². The Kier molecular flexibility index (Phi) is 9.69. The first kappa shape index (κ1) is 28.3. The van der Waals surface area contributed by atoms with Gasteiger partial charge in [-0.25, -0.2) is 22.8 Å². The van der Waals surface area contributed by atoms with Crippen molar-refractivity contribution >= 4 is 16.0 Å². The molecule has 1 aliphatic rings. The van der Waals surface area contributed by atoms with Gasteiger partial charge in [-0.15, -0.1) is 10.2 Å². The minimum Gasteiger partial charge on any atom is -0.382 e. The molecular weight excluding hydrogens is 495 g/mol. The summed E-state index contributed by atoms with van der Waals surface area (Å²) in [5.74, 6) is -0.0970. The quantitative estimate of drug-likeness (QED) is 0.411. The molecule has 0 amide bonds. The highest BCUT2D eigenvalue weighted by Crippen LogP contribution is 2.35. The highest BCUT2D eigenvalue weighted by Gasteiger charge is 2.37. The second kappa shape index (κ2) is 12.3. The molecule has 2 aromatic heterocycles. The number of aromatic nitrogens is 5. The number of nitrogens with one attached hydrogen (secondary N) is 1. The van der Waals surface area contributed by atoms with E-state index < -0.39 is 33.2 Å². The highest BCUT2D eigenvalue weighted by atomic mass is 32.2. The maximum absolute atomic E-state index is 13.5. The first-order valence-electron chi connectivity index (χ1n) is 11.8. The topological polar surface area (TPSA) is 140 Å². The molecule has 0 unspecified atom stereocenters.